The van der Waals surface area contributed by atoms with Crippen molar-refractivity contribution < 1.29 is 14.3 Å². The number of carboxylic acid groups (broad SMARTS) is 1. The normalized spacial score (nSPS) is 9.83. The summed E-state index contributed by atoms with van der Waals surface area (Å²) < 4.78 is 12.5. The molecule has 0 saturated carbocycles. The first-order valence-electron chi connectivity index (χ1n) is 3.53. The first-order valence-corrected chi connectivity index (χ1v) is 3.53. The van der Waals surface area contributed by atoms with Crippen LogP contribution in [0.2, 0.25) is 0 Å². The number of aromatic carboxylic acids is 1. The van der Waals surface area contributed by atoms with Gasteiger partial charge in [-0.15, -0.1) is 0 Å². The van der Waals surface area contributed by atoms with Crippen LogP contribution in [0.25, 0.3) is 0 Å². The van der Waals surface area contributed by atoms with Crippen molar-refractivity contribution in [3.63, 3.8) is 0 Å². The number of carboxylic acids is 1. The van der Waals surface area contributed by atoms with Crippen LogP contribution >= 0.6 is 0 Å². The predicted molar refractivity (Wildman–Crippen MR) is 40.5 cm³/mol. The highest BCUT2D eigenvalue weighted by molar-refractivity contribution is 5.88. The van der Waals surface area contributed by atoms with Gasteiger partial charge in [-0.25, -0.2) is 9.18 Å². The van der Waals surface area contributed by atoms with Crippen LogP contribution < -0.4 is 0 Å². The third-order valence-electron chi connectivity index (χ3n) is 1.50. The van der Waals surface area contributed by atoms with Crippen LogP contribution in [0.15, 0.2) is 12.3 Å². The molecule has 0 fully saturated rings. The lowest BCUT2D eigenvalue weighted by molar-refractivity contribution is 0.0694. The first-order chi connectivity index (χ1) is 5.65. The van der Waals surface area contributed by atoms with E-state index in [9.17, 15) is 9.18 Å². The molecule has 1 aromatic rings. The van der Waals surface area contributed by atoms with Gasteiger partial charge in [0.1, 0.15) is 5.82 Å². The SMILES string of the molecule is CCc1ncc(F)cc1C(=O)O. The van der Waals surface area contributed by atoms with E-state index in [-0.39, 0.29) is 5.56 Å². The lowest BCUT2D eigenvalue weighted by atomic mass is 10.1. The highest BCUT2D eigenvalue weighted by Crippen LogP contribution is 2.08. The molecule has 0 aliphatic rings. The molecule has 12 heavy (non-hydrogen) atoms. The molecule has 1 N–H and O–H groups in total. The van der Waals surface area contributed by atoms with Gasteiger partial charge in [-0.05, 0) is 12.5 Å². The van der Waals surface area contributed by atoms with Gasteiger partial charge in [-0.2, -0.15) is 0 Å². The van der Waals surface area contributed by atoms with Crippen LogP contribution in [0.3, 0.4) is 0 Å². The molecule has 0 aliphatic carbocycles. The zero-order valence-corrected chi connectivity index (χ0v) is 6.54. The zero-order valence-electron chi connectivity index (χ0n) is 6.54. The summed E-state index contributed by atoms with van der Waals surface area (Å²) >= 11 is 0. The van der Waals surface area contributed by atoms with Gasteiger partial charge in [-0.1, -0.05) is 6.92 Å². The summed E-state index contributed by atoms with van der Waals surface area (Å²) in [6.45, 7) is 1.77. The Balaban J connectivity index is 3.21. The Morgan fingerprint density at radius 3 is 2.92 bits per heavy atom. The summed E-state index contributed by atoms with van der Waals surface area (Å²) in [5, 5.41) is 8.61. The zero-order chi connectivity index (χ0) is 9.14. The average Bonchev–Trinajstić information content (AvgIpc) is 2.04. The molecule has 0 amide bonds. The van der Waals surface area contributed by atoms with Gasteiger partial charge < -0.3 is 5.11 Å². The van der Waals surface area contributed by atoms with Crippen molar-refractivity contribution in [1.82, 2.24) is 4.98 Å². The van der Waals surface area contributed by atoms with Crippen molar-refractivity contribution in [2.45, 2.75) is 13.3 Å². The molecule has 1 rings (SSSR count). The number of nitrogens with zero attached hydrogens (tertiary/aromatic N) is 1. The summed E-state index contributed by atoms with van der Waals surface area (Å²) in [5.41, 5.74) is 0.349. The van der Waals surface area contributed by atoms with Crippen LogP contribution in [-0.2, 0) is 6.42 Å². The molecular formula is C8H8FNO2. The van der Waals surface area contributed by atoms with E-state index < -0.39 is 11.8 Å². The van der Waals surface area contributed by atoms with E-state index in [0.29, 0.717) is 12.1 Å². The Labute approximate surface area is 68.9 Å². The lowest BCUT2D eigenvalue weighted by Crippen LogP contribution is -2.04. The Morgan fingerprint density at radius 1 is 1.75 bits per heavy atom. The quantitative estimate of drug-likeness (QED) is 0.729. The van der Waals surface area contributed by atoms with Crippen LogP contribution in [0.4, 0.5) is 4.39 Å². The maximum absolute atomic E-state index is 12.5. The van der Waals surface area contributed by atoms with E-state index in [1.807, 2.05) is 0 Å². The van der Waals surface area contributed by atoms with Crippen LogP contribution in [0.5, 0.6) is 0 Å². The van der Waals surface area contributed by atoms with Gasteiger partial charge in [0, 0.05) is 0 Å². The maximum atomic E-state index is 12.5. The summed E-state index contributed by atoms with van der Waals surface area (Å²) in [4.78, 5) is 14.2. The molecule has 64 valence electrons. The molecule has 1 aromatic heterocycles. The summed E-state index contributed by atoms with van der Waals surface area (Å²) in [7, 11) is 0. The van der Waals surface area contributed by atoms with Gasteiger partial charge in [0.05, 0.1) is 17.5 Å². The fourth-order valence-electron chi connectivity index (χ4n) is 0.934. The molecule has 0 unspecified atom stereocenters. The van der Waals surface area contributed by atoms with Crippen LogP contribution in [0, 0.1) is 5.82 Å². The van der Waals surface area contributed by atoms with Crippen molar-refractivity contribution in [1.29, 1.82) is 0 Å². The van der Waals surface area contributed by atoms with Crippen molar-refractivity contribution >= 4 is 5.97 Å². The molecule has 0 radical (unpaired) electrons. The molecule has 0 saturated heterocycles. The van der Waals surface area contributed by atoms with E-state index in [2.05, 4.69) is 4.98 Å². The summed E-state index contributed by atoms with van der Waals surface area (Å²) in [5.74, 6) is -1.76. The van der Waals surface area contributed by atoms with E-state index in [1.54, 1.807) is 6.92 Å². The summed E-state index contributed by atoms with van der Waals surface area (Å²) in [6, 6.07) is 0.980. The fourth-order valence-corrected chi connectivity index (χ4v) is 0.934. The maximum Gasteiger partial charge on any atom is 0.337 e. The monoisotopic (exact) mass is 169 g/mol. The number of halogens is 1. The van der Waals surface area contributed by atoms with Gasteiger partial charge in [0.25, 0.3) is 0 Å². The smallest absolute Gasteiger partial charge is 0.337 e. The molecule has 3 nitrogen and oxygen atoms in total. The Hall–Kier alpha value is -1.45. The molecule has 0 aliphatic heterocycles. The second-order valence-electron chi connectivity index (χ2n) is 2.31. The largest absolute Gasteiger partial charge is 0.478 e. The molecular weight excluding hydrogens is 161 g/mol. The number of pyridine rings is 1. The minimum Gasteiger partial charge on any atom is -0.478 e. The van der Waals surface area contributed by atoms with Crippen LogP contribution in [-0.4, -0.2) is 16.1 Å². The van der Waals surface area contributed by atoms with Crippen molar-refractivity contribution in [3.05, 3.63) is 29.3 Å². The number of hydrogen-bond acceptors (Lipinski definition) is 2. The molecule has 4 heteroatoms. The second kappa shape index (κ2) is 3.30. The first kappa shape index (κ1) is 8.64. The topological polar surface area (TPSA) is 50.2 Å². The predicted octanol–water partition coefficient (Wildman–Crippen LogP) is 1.48. The van der Waals surface area contributed by atoms with Gasteiger partial charge in [0.15, 0.2) is 0 Å². The van der Waals surface area contributed by atoms with Gasteiger partial charge in [-0.3, -0.25) is 4.98 Å². The molecule has 0 bridgehead atoms. The minimum atomic E-state index is -1.14. The van der Waals surface area contributed by atoms with Crippen molar-refractivity contribution in [2.75, 3.05) is 0 Å². The van der Waals surface area contributed by atoms with E-state index in [0.717, 1.165) is 12.3 Å². The Morgan fingerprint density at radius 2 is 2.42 bits per heavy atom. The highest BCUT2D eigenvalue weighted by atomic mass is 19.1. The molecule has 0 aromatic carbocycles. The molecule has 1 heterocycles. The number of carbonyl (C=O) groups is 1. The van der Waals surface area contributed by atoms with Crippen LogP contribution in [0.1, 0.15) is 23.0 Å². The highest BCUT2D eigenvalue weighted by Gasteiger charge is 2.10. The third-order valence-corrected chi connectivity index (χ3v) is 1.50. The fraction of sp³-hybridized carbons (Fsp3) is 0.250. The average molecular weight is 169 g/mol. The molecule has 0 spiro atoms. The van der Waals surface area contributed by atoms with Gasteiger partial charge >= 0.3 is 5.97 Å². The lowest BCUT2D eigenvalue weighted by Gasteiger charge is -2.00. The Bertz CT molecular complexity index is 312. The number of rotatable bonds is 2. The van der Waals surface area contributed by atoms with E-state index >= 15 is 0 Å². The van der Waals surface area contributed by atoms with Crippen molar-refractivity contribution in [3.8, 4) is 0 Å². The number of aryl methyl sites for hydroxylation is 1. The van der Waals surface area contributed by atoms with Crippen molar-refractivity contribution in [2.24, 2.45) is 0 Å². The summed E-state index contributed by atoms with van der Waals surface area (Å²) in [6.07, 6.45) is 1.51. The van der Waals surface area contributed by atoms with E-state index in [1.165, 1.54) is 0 Å². The minimum absolute atomic E-state index is 0.0579. The second-order valence-corrected chi connectivity index (χ2v) is 2.31. The number of hydrogen-bond donors (Lipinski definition) is 1. The Kier molecular flexibility index (Phi) is 2.38. The van der Waals surface area contributed by atoms with Gasteiger partial charge in [0.2, 0.25) is 0 Å². The standard InChI is InChI=1S/C8H8FNO2/c1-2-7-6(8(11)12)3-5(9)4-10-7/h3-4H,2H2,1H3,(H,11,12). The van der Waals surface area contributed by atoms with E-state index in [4.69, 9.17) is 5.11 Å². The molecule has 0 atom stereocenters. The number of aromatic nitrogens is 1. The third kappa shape index (κ3) is 1.58.